The second-order valence-electron chi connectivity index (χ2n) is 7.69. The summed E-state index contributed by atoms with van der Waals surface area (Å²) in [6.07, 6.45) is 3.02. The lowest BCUT2D eigenvalue weighted by atomic mass is 9.75. The van der Waals surface area contributed by atoms with E-state index < -0.39 is 17.3 Å². The van der Waals surface area contributed by atoms with Gasteiger partial charge >= 0.3 is 0 Å². The van der Waals surface area contributed by atoms with Crippen molar-refractivity contribution in [3.63, 3.8) is 0 Å². The zero-order valence-electron chi connectivity index (χ0n) is 14.7. The average Bonchev–Trinajstić information content (AvgIpc) is 2.62. The minimum atomic E-state index is -1.05. The van der Waals surface area contributed by atoms with Crippen LogP contribution in [-0.2, 0) is 11.3 Å². The van der Waals surface area contributed by atoms with Crippen molar-refractivity contribution in [1.82, 2.24) is 9.88 Å². The summed E-state index contributed by atoms with van der Waals surface area (Å²) in [5.74, 6) is 0. The number of rotatable bonds is 2. The number of likely N-dealkylation sites (tertiary alicyclic amines) is 1. The smallest absolute Gasteiger partial charge is 0.111 e. The molecule has 2 aliphatic rings. The number of hydrogen-bond donors (Lipinski definition) is 2. The maximum atomic E-state index is 10.6. The number of fused-ring (bicyclic) bond motifs is 1. The molecule has 25 heavy (non-hydrogen) atoms. The van der Waals surface area contributed by atoms with Crippen molar-refractivity contribution in [2.45, 2.75) is 50.0 Å². The van der Waals surface area contributed by atoms with Crippen molar-refractivity contribution in [2.75, 3.05) is 19.7 Å². The summed E-state index contributed by atoms with van der Waals surface area (Å²) in [5, 5.41) is 22.3. The molecule has 4 rings (SSSR count). The van der Waals surface area contributed by atoms with Crippen molar-refractivity contribution in [1.29, 1.82) is 0 Å². The van der Waals surface area contributed by atoms with Crippen molar-refractivity contribution in [2.24, 2.45) is 0 Å². The molecule has 0 aliphatic carbocycles. The number of para-hydroxylation sites is 1. The van der Waals surface area contributed by atoms with Crippen molar-refractivity contribution in [3.8, 4) is 0 Å². The molecule has 1 spiro atoms. The van der Waals surface area contributed by atoms with Crippen molar-refractivity contribution >= 4 is 10.9 Å². The third-order valence-electron chi connectivity index (χ3n) is 5.92. The van der Waals surface area contributed by atoms with Gasteiger partial charge in [-0.15, -0.1) is 0 Å². The molecule has 2 saturated heterocycles. The van der Waals surface area contributed by atoms with E-state index in [1.54, 1.807) is 6.92 Å². The Hall–Kier alpha value is -1.53. The highest BCUT2D eigenvalue weighted by Crippen LogP contribution is 2.40. The van der Waals surface area contributed by atoms with Gasteiger partial charge < -0.3 is 14.9 Å². The van der Waals surface area contributed by atoms with Gasteiger partial charge in [0.25, 0.3) is 0 Å². The third kappa shape index (κ3) is 3.06. The Morgan fingerprint density at radius 3 is 2.76 bits per heavy atom. The van der Waals surface area contributed by atoms with Gasteiger partial charge in [0, 0.05) is 37.6 Å². The molecule has 134 valence electrons. The standard InChI is InChI=1S/C20H26N2O3/c1-19(24)9-13-25-20(18(19)23)7-11-22(12-8-20)14-15-6-10-21-17-5-3-2-4-16(15)17/h2-6,10,18,23-24H,7-9,11-14H2,1H3/t18-,19+/m0/s1. The normalized spacial score (nSPS) is 30.0. The molecule has 5 nitrogen and oxygen atoms in total. The van der Waals surface area contributed by atoms with Gasteiger partial charge in [-0.25, -0.2) is 0 Å². The Balaban J connectivity index is 1.47. The topological polar surface area (TPSA) is 65.8 Å². The van der Waals surface area contributed by atoms with Gasteiger partial charge in [-0.2, -0.15) is 0 Å². The van der Waals surface area contributed by atoms with Crippen LogP contribution < -0.4 is 0 Å². The molecule has 1 aromatic carbocycles. The number of aliphatic hydroxyl groups is 2. The van der Waals surface area contributed by atoms with E-state index in [2.05, 4.69) is 22.0 Å². The lowest BCUT2D eigenvalue weighted by Gasteiger charge is -2.51. The molecule has 3 heterocycles. The Labute approximate surface area is 148 Å². The second kappa shape index (κ2) is 6.32. The number of ether oxygens (including phenoxy) is 1. The number of aromatic nitrogens is 1. The first kappa shape index (κ1) is 16.9. The maximum Gasteiger partial charge on any atom is 0.111 e. The van der Waals surface area contributed by atoms with Crippen LogP contribution in [0.4, 0.5) is 0 Å². The summed E-state index contributed by atoms with van der Waals surface area (Å²) in [5.41, 5.74) is 0.648. The van der Waals surface area contributed by atoms with Gasteiger partial charge in [0.1, 0.15) is 6.10 Å². The predicted molar refractivity (Wildman–Crippen MR) is 96.2 cm³/mol. The fourth-order valence-electron chi connectivity index (χ4n) is 4.28. The first-order chi connectivity index (χ1) is 12.0. The maximum absolute atomic E-state index is 10.6. The first-order valence-electron chi connectivity index (χ1n) is 9.10. The highest BCUT2D eigenvalue weighted by molar-refractivity contribution is 5.81. The molecule has 0 amide bonds. The molecule has 0 bridgehead atoms. The molecule has 0 unspecified atom stereocenters. The van der Waals surface area contributed by atoms with Gasteiger partial charge in [0.15, 0.2) is 0 Å². The van der Waals surface area contributed by atoms with E-state index in [1.165, 1.54) is 10.9 Å². The summed E-state index contributed by atoms with van der Waals surface area (Å²) < 4.78 is 5.98. The van der Waals surface area contributed by atoms with Crippen LogP contribution in [0.3, 0.4) is 0 Å². The van der Waals surface area contributed by atoms with E-state index in [4.69, 9.17) is 4.74 Å². The SMILES string of the molecule is C[C@@]1(O)CCOC2(CCN(Cc3ccnc4ccccc34)CC2)[C@H]1O. The number of nitrogens with zero attached hydrogens (tertiary/aromatic N) is 2. The predicted octanol–water partition coefficient (Wildman–Crippen LogP) is 2.10. The molecule has 0 saturated carbocycles. The molecule has 2 fully saturated rings. The van der Waals surface area contributed by atoms with E-state index in [0.29, 0.717) is 13.0 Å². The van der Waals surface area contributed by atoms with Gasteiger partial charge in [-0.1, -0.05) is 18.2 Å². The highest BCUT2D eigenvalue weighted by Gasteiger charge is 2.52. The molecular weight excluding hydrogens is 316 g/mol. The number of pyridine rings is 1. The van der Waals surface area contributed by atoms with Crippen LogP contribution in [0.25, 0.3) is 10.9 Å². The van der Waals surface area contributed by atoms with E-state index in [-0.39, 0.29) is 0 Å². The minimum Gasteiger partial charge on any atom is -0.387 e. The van der Waals surface area contributed by atoms with E-state index >= 15 is 0 Å². The molecule has 5 heteroatoms. The zero-order chi connectivity index (χ0) is 17.5. The Kier molecular flexibility index (Phi) is 4.28. The van der Waals surface area contributed by atoms with Gasteiger partial charge in [-0.05, 0) is 37.5 Å². The number of hydrogen-bond acceptors (Lipinski definition) is 5. The Morgan fingerprint density at radius 2 is 1.96 bits per heavy atom. The fourth-order valence-corrected chi connectivity index (χ4v) is 4.28. The molecule has 2 aromatic rings. The van der Waals surface area contributed by atoms with Crippen molar-refractivity contribution in [3.05, 3.63) is 42.1 Å². The molecule has 1 aromatic heterocycles. The van der Waals surface area contributed by atoms with Gasteiger partial charge in [0.2, 0.25) is 0 Å². The summed E-state index contributed by atoms with van der Waals surface area (Å²) in [6, 6.07) is 10.3. The lowest BCUT2D eigenvalue weighted by Crippen LogP contribution is -2.64. The summed E-state index contributed by atoms with van der Waals surface area (Å²) in [7, 11) is 0. The molecule has 2 atom stereocenters. The fraction of sp³-hybridized carbons (Fsp3) is 0.550. The number of benzene rings is 1. The van der Waals surface area contributed by atoms with Gasteiger partial charge in [0.05, 0.1) is 23.3 Å². The lowest BCUT2D eigenvalue weighted by molar-refractivity contribution is -0.246. The largest absolute Gasteiger partial charge is 0.387 e. The minimum absolute atomic E-state index is 0.489. The molecule has 0 radical (unpaired) electrons. The monoisotopic (exact) mass is 342 g/mol. The van der Waals surface area contributed by atoms with Crippen LogP contribution in [-0.4, -0.2) is 57.1 Å². The quantitative estimate of drug-likeness (QED) is 0.875. The van der Waals surface area contributed by atoms with Crippen LogP contribution in [0.15, 0.2) is 36.5 Å². The Morgan fingerprint density at radius 1 is 1.20 bits per heavy atom. The van der Waals surface area contributed by atoms with Crippen LogP contribution in [0, 0.1) is 0 Å². The van der Waals surface area contributed by atoms with Crippen LogP contribution in [0.1, 0.15) is 31.7 Å². The third-order valence-corrected chi connectivity index (χ3v) is 5.92. The molecular formula is C20H26N2O3. The Bertz CT molecular complexity index is 748. The summed E-state index contributed by atoms with van der Waals surface area (Å²) in [6.45, 7) is 4.80. The zero-order valence-corrected chi connectivity index (χ0v) is 14.7. The van der Waals surface area contributed by atoms with E-state index in [0.717, 1.165) is 38.0 Å². The van der Waals surface area contributed by atoms with Crippen LogP contribution in [0.5, 0.6) is 0 Å². The molecule has 2 aliphatic heterocycles. The molecule has 2 N–H and O–H groups in total. The number of aliphatic hydroxyl groups excluding tert-OH is 1. The first-order valence-corrected chi connectivity index (χ1v) is 9.10. The second-order valence-corrected chi connectivity index (χ2v) is 7.69. The van der Waals surface area contributed by atoms with E-state index in [9.17, 15) is 10.2 Å². The summed E-state index contributed by atoms with van der Waals surface area (Å²) in [4.78, 5) is 6.83. The highest BCUT2D eigenvalue weighted by atomic mass is 16.5. The average molecular weight is 342 g/mol. The van der Waals surface area contributed by atoms with Crippen LogP contribution in [0.2, 0.25) is 0 Å². The number of piperidine rings is 1. The van der Waals surface area contributed by atoms with E-state index in [1.807, 2.05) is 24.4 Å². The summed E-state index contributed by atoms with van der Waals surface area (Å²) >= 11 is 0. The van der Waals surface area contributed by atoms with Crippen LogP contribution >= 0.6 is 0 Å². The van der Waals surface area contributed by atoms with Gasteiger partial charge in [-0.3, -0.25) is 9.88 Å². The van der Waals surface area contributed by atoms with Crippen molar-refractivity contribution < 1.29 is 14.9 Å².